The second kappa shape index (κ2) is 11.9. The van der Waals surface area contributed by atoms with Crippen LogP contribution in [0.3, 0.4) is 0 Å². The molecule has 1 aliphatic carbocycles. The number of rotatable bonds is 7. The Morgan fingerprint density at radius 3 is 2.62 bits per heavy atom. The van der Waals surface area contributed by atoms with Crippen molar-refractivity contribution < 1.29 is 4.79 Å². The monoisotopic (exact) mass is 450 g/mol. The molecule has 24 heavy (non-hydrogen) atoms. The Morgan fingerprint density at radius 2 is 1.96 bits per heavy atom. The van der Waals surface area contributed by atoms with Gasteiger partial charge in [-0.15, -0.1) is 24.0 Å². The van der Waals surface area contributed by atoms with Gasteiger partial charge in [-0.3, -0.25) is 9.79 Å². The number of nitrogens with zero attached hydrogens (tertiary/aromatic N) is 2. The summed E-state index contributed by atoms with van der Waals surface area (Å²) in [5.41, 5.74) is 0. The minimum Gasteiger partial charge on any atom is -0.356 e. The van der Waals surface area contributed by atoms with E-state index in [1.807, 2.05) is 18.9 Å². The zero-order valence-corrected chi connectivity index (χ0v) is 17.7. The number of carbonyl (C=O) groups excluding carboxylic acids is 1. The average molecular weight is 450 g/mol. The van der Waals surface area contributed by atoms with E-state index in [9.17, 15) is 4.79 Å². The topological polar surface area (TPSA) is 56.7 Å². The van der Waals surface area contributed by atoms with Gasteiger partial charge in [-0.25, -0.2) is 0 Å². The molecule has 0 bridgehead atoms. The Bertz CT molecular complexity index is 396. The van der Waals surface area contributed by atoms with E-state index in [0.29, 0.717) is 12.5 Å². The highest BCUT2D eigenvalue weighted by atomic mass is 127. The fourth-order valence-electron chi connectivity index (χ4n) is 3.78. The fourth-order valence-corrected chi connectivity index (χ4v) is 3.78. The van der Waals surface area contributed by atoms with E-state index in [0.717, 1.165) is 37.9 Å². The lowest BCUT2D eigenvalue weighted by molar-refractivity contribution is -0.129. The number of nitrogens with one attached hydrogen (secondary N) is 2. The average Bonchev–Trinajstić information content (AvgIpc) is 3.24. The minimum absolute atomic E-state index is 0. The normalized spacial score (nSPS) is 21.7. The van der Waals surface area contributed by atoms with Gasteiger partial charge in [0, 0.05) is 39.1 Å². The van der Waals surface area contributed by atoms with Crippen LogP contribution in [0.2, 0.25) is 0 Å². The second-order valence-electron chi connectivity index (χ2n) is 6.97. The minimum atomic E-state index is 0. The molecule has 6 heteroatoms. The van der Waals surface area contributed by atoms with Gasteiger partial charge in [0.2, 0.25) is 5.91 Å². The van der Waals surface area contributed by atoms with Crippen molar-refractivity contribution in [2.24, 2.45) is 10.9 Å². The van der Waals surface area contributed by atoms with Crippen LogP contribution in [0.15, 0.2) is 4.99 Å². The summed E-state index contributed by atoms with van der Waals surface area (Å²) in [5, 5.41) is 6.87. The zero-order chi connectivity index (χ0) is 16.5. The van der Waals surface area contributed by atoms with E-state index < -0.39 is 0 Å². The summed E-state index contributed by atoms with van der Waals surface area (Å²) in [7, 11) is 1.82. The van der Waals surface area contributed by atoms with Crippen molar-refractivity contribution in [1.82, 2.24) is 15.5 Å². The summed E-state index contributed by atoms with van der Waals surface area (Å²) in [4.78, 5) is 18.0. The third-order valence-electron chi connectivity index (χ3n) is 5.21. The molecule has 1 saturated heterocycles. The van der Waals surface area contributed by atoms with Crippen molar-refractivity contribution in [1.29, 1.82) is 0 Å². The van der Waals surface area contributed by atoms with E-state index in [-0.39, 0.29) is 29.9 Å². The SMILES string of the molecule is CCC(=O)N1CCC(NC(=NC)NCCCCC2CCCC2)C1.I. The third kappa shape index (κ3) is 7.15. The molecule has 1 atom stereocenters. The summed E-state index contributed by atoms with van der Waals surface area (Å²) in [6.07, 6.45) is 11.3. The van der Waals surface area contributed by atoms with Crippen LogP contribution in [0.4, 0.5) is 0 Å². The van der Waals surface area contributed by atoms with Gasteiger partial charge >= 0.3 is 0 Å². The Hall–Kier alpha value is -0.530. The predicted molar refractivity (Wildman–Crippen MR) is 111 cm³/mol. The summed E-state index contributed by atoms with van der Waals surface area (Å²) in [6.45, 7) is 4.57. The Morgan fingerprint density at radius 1 is 1.21 bits per heavy atom. The number of hydrogen-bond acceptors (Lipinski definition) is 2. The van der Waals surface area contributed by atoms with Crippen LogP contribution in [-0.2, 0) is 4.79 Å². The highest BCUT2D eigenvalue weighted by Gasteiger charge is 2.25. The van der Waals surface area contributed by atoms with E-state index in [1.165, 1.54) is 44.9 Å². The van der Waals surface area contributed by atoms with Gasteiger partial charge < -0.3 is 15.5 Å². The quantitative estimate of drug-likeness (QED) is 0.271. The van der Waals surface area contributed by atoms with Gasteiger partial charge in [0.05, 0.1) is 0 Å². The molecule has 5 nitrogen and oxygen atoms in total. The van der Waals surface area contributed by atoms with Crippen LogP contribution >= 0.6 is 24.0 Å². The molecule has 1 aliphatic heterocycles. The fraction of sp³-hybridized carbons (Fsp3) is 0.889. The summed E-state index contributed by atoms with van der Waals surface area (Å²) < 4.78 is 0. The predicted octanol–water partition coefficient (Wildman–Crippen LogP) is 3.14. The highest BCUT2D eigenvalue weighted by Crippen LogP contribution is 2.28. The van der Waals surface area contributed by atoms with Crippen molar-refractivity contribution in [2.45, 2.75) is 70.8 Å². The molecule has 140 valence electrons. The van der Waals surface area contributed by atoms with Crippen LogP contribution in [0.5, 0.6) is 0 Å². The lowest BCUT2D eigenvalue weighted by Crippen LogP contribution is -2.45. The van der Waals surface area contributed by atoms with Crippen LogP contribution in [0.1, 0.15) is 64.7 Å². The molecule has 1 amide bonds. The first-order valence-electron chi connectivity index (χ1n) is 9.48. The lowest BCUT2D eigenvalue weighted by atomic mass is 10.0. The summed E-state index contributed by atoms with van der Waals surface area (Å²) in [5.74, 6) is 2.12. The molecule has 2 fully saturated rings. The van der Waals surface area contributed by atoms with Crippen LogP contribution in [-0.4, -0.2) is 49.5 Å². The number of unbranched alkanes of at least 4 members (excludes halogenated alkanes) is 1. The number of guanidine groups is 1. The second-order valence-corrected chi connectivity index (χ2v) is 6.97. The van der Waals surface area contributed by atoms with Gasteiger partial charge in [0.25, 0.3) is 0 Å². The van der Waals surface area contributed by atoms with Crippen LogP contribution in [0.25, 0.3) is 0 Å². The number of hydrogen-bond donors (Lipinski definition) is 2. The van der Waals surface area contributed by atoms with Gasteiger partial charge in [-0.1, -0.05) is 45.4 Å². The number of aliphatic imine (C=N–C) groups is 1. The summed E-state index contributed by atoms with van der Waals surface area (Å²) >= 11 is 0. The Balaban J connectivity index is 0.00000288. The smallest absolute Gasteiger partial charge is 0.222 e. The Labute approximate surface area is 164 Å². The lowest BCUT2D eigenvalue weighted by Gasteiger charge is -2.18. The largest absolute Gasteiger partial charge is 0.356 e. The molecule has 1 unspecified atom stereocenters. The molecule has 0 radical (unpaired) electrons. The van der Waals surface area contributed by atoms with Crippen molar-refractivity contribution in [3.8, 4) is 0 Å². The highest BCUT2D eigenvalue weighted by molar-refractivity contribution is 14.0. The van der Waals surface area contributed by atoms with E-state index in [1.54, 1.807) is 0 Å². The zero-order valence-electron chi connectivity index (χ0n) is 15.4. The van der Waals surface area contributed by atoms with Gasteiger partial charge in [0.15, 0.2) is 5.96 Å². The molecule has 0 aromatic carbocycles. The van der Waals surface area contributed by atoms with E-state index in [4.69, 9.17) is 0 Å². The number of halogens is 1. The van der Waals surface area contributed by atoms with Gasteiger partial charge in [0.1, 0.15) is 0 Å². The first-order chi connectivity index (χ1) is 11.2. The first-order valence-corrected chi connectivity index (χ1v) is 9.48. The van der Waals surface area contributed by atoms with Crippen LogP contribution in [0, 0.1) is 5.92 Å². The molecule has 0 aromatic rings. The molecular formula is C18H35IN4O. The third-order valence-corrected chi connectivity index (χ3v) is 5.21. The maximum Gasteiger partial charge on any atom is 0.222 e. The Kier molecular flexibility index (Phi) is 10.7. The van der Waals surface area contributed by atoms with Crippen molar-refractivity contribution in [2.75, 3.05) is 26.7 Å². The molecular weight excluding hydrogens is 415 g/mol. The maximum absolute atomic E-state index is 11.7. The van der Waals surface area contributed by atoms with Crippen LogP contribution < -0.4 is 10.6 Å². The van der Waals surface area contributed by atoms with Crippen molar-refractivity contribution in [3.05, 3.63) is 0 Å². The van der Waals surface area contributed by atoms with Crippen molar-refractivity contribution in [3.63, 3.8) is 0 Å². The molecule has 2 rings (SSSR count). The van der Waals surface area contributed by atoms with Gasteiger partial charge in [-0.2, -0.15) is 0 Å². The molecule has 1 heterocycles. The molecule has 1 saturated carbocycles. The number of likely N-dealkylation sites (tertiary alicyclic amines) is 1. The molecule has 0 aromatic heterocycles. The number of carbonyl (C=O) groups is 1. The van der Waals surface area contributed by atoms with E-state index >= 15 is 0 Å². The molecule has 2 N–H and O–H groups in total. The maximum atomic E-state index is 11.7. The first kappa shape index (κ1) is 21.5. The summed E-state index contributed by atoms with van der Waals surface area (Å²) in [6, 6.07) is 0.329. The molecule has 0 spiro atoms. The standard InChI is InChI=1S/C18H34N4O.HI/c1-3-17(23)22-13-11-16(14-22)21-18(19-2)20-12-7-6-10-15-8-4-5-9-15;/h15-16H,3-14H2,1-2H3,(H2,19,20,21);1H. The van der Waals surface area contributed by atoms with E-state index in [2.05, 4.69) is 15.6 Å². The van der Waals surface area contributed by atoms with Gasteiger partial charge in [-0.05, 0) is 18.8 Å². The molecule has 2 aliphatic rings. The number of amides is 1. The van der Waals surface area contributed by atoms with Crippen molar-refractivity contribution >= 4 is 35.8 Å².